The van der Waals surface area contributed by atoms with Crippen LogP contribution in [0.4, 0.5) is 5.13 Å². The van der Waals surface area contributed by atoms with Gasteiger partial charge in [-0.1, -0.05) is 11.3 Å². The largest absolute Gasteiger partial charge is 0.375 e. The second kappa shape index (κ2) is 2.28. The number of anilines is 1. The van der Waals surface area contributed by atoms with Crippen LogP contribution in [0, 0.1) is 0 Å². The van der Waals surface area contributed by atoms with Crippen molar-refractivity contribution in [1.82, 2.24) is 10.3 Å². The van der Waals surface area contributed by atoms with Crippen molar-refractivity contribution >= 4 is 22.3 Å². The third-order valence-electron chi connectivity index (χ3n) is 1.55. The van der Waals surface area contributed by atoms with Gasteiger partial charge in [-0.3, -0.25) is 4.79 Å². The molecule has 58 valence electrons. The number of thiazole rings is 1. The molecule has 0 amide bonds. The Kier molecular flexibility index (Phi) is 1.40. The van der Waals surface area contributed by atoms with Gasteiger partial charge in [0.1, 0.15) is 0 Å². The topological polar surface area (TPSA) is 68.0 Å². The van der Waals surface area contributed by atoms with Gasteiger partial charge in [-0.05, 0) is 0 Å². The van der Waals surface area contributed by atoms with E-state index < -0.39 is 0 Å². The molecule has 11 heavy (non-hydrogen) atoms. The molecule has 0 fully saturated rings. The maximum absolute atomic E-state index is 11.2. The molecule has 0 spiro atoms. The molecule has 0 aliphatic carbocycles. The van der Waals surface area contributed by atoms with Crippen molar-refractivity contribution in [2.24, 2.45) is 0 Å². The first-order valence-corrected chi connectivity index (χ1v) is 4.08. The average molecular weight is 169 g/mol. The molecule has 0 bridgehead atoms. The summed E-state index contributed by atoms with van der Waals surface area (Å²) >= 11 is 1.28. The van der Waals surface area contributed by atoms with E-state index in [1.54, 1.807) is 0 Å². The summed E-state index contributed by atoms with van der Waals surface area (Å²) in [6, 6.07) is 0. The van der Waals surface area contributed by atoms with Crippen molar-refractivity contribution in [2.75, 3.05) is 12.3 Å². The number of hydrogen-bond donors (Lipinski definition) is 2. The Morgan fingerprint density at radius 2 is 2.36 bits per heavy atom. The molecule has 1 aromatic rings. The number of carbonyl (C=O) groups is 1. The highest BCUT2D eigenvalue weighted by Crippen LogP contribution is 2.22. The lowest BCUT2D eigenvalue weighted by Crippen LogP contribution is -2.28. The van der Waals surface area contributed by atoms with Crippen molar-refractivity contribution in [3.63, 3.8) is 0 Å². The Labute approximate surface area is 67.4 Å². The third-order valence-corrected chi connectivity index (χ3v) is 2.51. The SMILES string of the molecule is Nc1nc2c(s1)C(=O)CNC2. The molecule has 0 unspecified atom stereocenters. The standard InChI is InChI=1S/C6H7N3OS/c7-6-9-3-1-8-2-4(10)5(3)11-6/h8H,1-2H2,(H2,7,9). The van der Waals surface area contributed by atoms with Crippen molar-refractivity contribution in [1.29, 1.82) is 0 Å². The number of carbonyl (C=O) groups excluding carboxylic acids is 1. The number of nitrogens with two attached hydrogens (primary N) is 1. The van der Waals surface area contributed by atoms with E-state index >= 15 is 0 Å². The molecular formula is C6H7N3OS. The normalized spacial score (nSPS) is 16.5. The molecule has 2 heterocycles. The van der Waals surface area contributed by atoms with Crippen LogP contribution in [-0.2, 0) is 6.54 Å². The molecule has 0 aromatic carbocycles. The fraction of sp³-hybridized carbons (Fsp3) is 0.333. The zero-order valence-electron chi connectivity index (χ0n) is 5.76. The van der Waals surface area contributed by atoms with Gasteiger partial charge in [-0.15, -0.1) is 0 Å². The summed E-state index contributed by atoms with van der Waals surface area (Å²) in [6.07, 6.45) is 0. The summed E-state index contributed by atoms with van der Waals surface area (Å²) in [6.45, 7) is 1.07. The van der Waals surface area contributed by atoms with E-state index in [0.29, 0.717) is 18.2 Å². The van der Waals surface area contributed by atoms with E-state index in [-0.39, 0.29) is 5.78 Å². The smallest absolute Gasteiger partial charge is 0.188 e. The van der Waals surface area contributed by atoms with Gasteiger partial charge < -0.3 is 11.1 Å². The second-order valence-corrected chi connectivity index (χ2v) is 3.39. The van der Waals surface area contributed by atoms with Gasteiger partial charge in [0, 0.05) is 6.54 Å². The molecule has 2 rings (SSSR count). The van der Waals surface area contributed by atoms with Gasteiger partial charge in [0.05, 0.1) is 17.1 Å². The predicted molar refractivity (Wildman–Crippen MR) is 42.6 cm³/mol. The first-order chi connectivity index (χ1) is 5.27. The summed E-state index contributed by atoms with van der Waals surface area (Å²) in [5, 5.41) is 3.42. The van der Waals surface area contributed by atoms with Crippen LogP contribution < -0.4 is 11.1 Å². The summed E-state index contributed by atoms with van der Waals surface area (Å²) < 4.78 is 0. The van der Waals surface area contributed by atoms with Gasteiger partial charge in [0.15, 0.2) is 10.9 Å². The van der Waals surface area contributed by atoms with E-state index in [1.807, 2.05) is 0 Å². The first kappa shape index (κ1) is 6.75. The van der Waals surface area contributed by atoms with E-state index in [2.05, 4.69) is 10.3 Å². The fourth-order valence-corrected chi connectivity index (χ4v) is 1.87. The molecule has 0 saturated heterocycles. The lowest BCUT2D eigenvalue weighted by Gasteiger charge is -2.08. The number of nitrogens with one attached hydrogen (secondary N) is 1. The Hall–Kier alpha value is -0.940. The van der Waals surface area contributed by atoms with E-state index in [4.69, 9.17) is 5.73 Å². The van der Waals surface area contributed by atoms with Crippen LogP contribution in [0.25, 0.3) is 0 Å². The number of fused-ring (bicyclic) bond motifs is 1. The van der Waals surface area contributed by atoms with E-state index in [0.717, 1.165) is 10.6 Å². The highest BCUT2D eigenvalue weighted by Gasteiger charge is 2.20. The number of nitrogens with zero attached hydrogens (tertiary/aromatic N) is 1. The van der Waals surface area contributed by atoms with Crippen LogP contribution in [0.1, 0.15) is 15.4 Å². The zero-order valence-corrected chi connectivity index (χ0v) is 6.57. The van der Waals surface area contributed by atoms with Crippen molar-refractivity contribution in [3.05, 3.63) is 10.6 Å². The molecule has 0 saturated carbocycles. The Morgan fingerprint density at radius 1 is 1.55 bits per heavy atom. The number of Topliss-reactive ketones (excluding diaryl/α,β-unsaturated/α-hetero) is 1. The Bertz CT molecular complexity index is 307. The molecule has 0 radical (unpaired) electrons. The van der Waals surface area contributed by atoms with Crippen molar-refractivity contribution < 1.29 is 4.79 Å². The van der Waals surface area contributed by atoms with Crippen LogP contribution in [0.15, 0.2) is 0 Å². The summed E-state index contributed by atoms with van der Waals surface area (Å²) in [7, 11) is 0. The van der Waals surface area contributed by atoms with Crippen molar-refractivity contribution in [2.45, 2.75) is 6.54 Å². The molecule has 0 atom stereocenters. The second-order valence-electron chi connectivity index (χ2n) is 2.35. The Balaban J connectivity index is 2.52. The Morgan fingerprint density at radius 3 is 3.09 bits per heavy atom. The van der Waals surface area contributed by atoms with Crippen LogP contribution in [-0.4, -0.2) is 17.3 Å². The third kappa shape index (κ3) is 1.02. The minimum Gasteiger partial charge on any atom is -0.375 e. The monoisotopic (exact) mass is 169 g/mol. The minimum atomic E-state index is 0.0976. The molecule has 4 nitrogen and oxygen atoms in total. The lowest BCUT2D eigenvalue weighted by atomic mass is 10.2. The van der Waals surface area contributed by atoms with Crippen molar-refractivity contribution in [3.8, 4) is 0 Å². The number of ketones is 1. The summed E-state index contributed by atoms with van der Waals surface area (Å²) in [5.41, 5.74) is 6.24. The van der Waals surface area contributed by atoms with E-state index in [9.17, 15) is 4.79 Å². The number of rotatable bonds is 0. The number of nitrogen functional groups attached to an aromatic ring is 1. The van der Waals surface area contributed by atoms with Crippen LogP contribution in [0.2, 0.25) is 0 Å². The quantitative estimate of drug-likeness (QED) is 0.574. The number of aromatic nitrogens is 1. The van der Waals surface area contributed by atoms with Gasteiger partial charge in [-0.2, -0.15) is 0 Å². The van der Waals surface area contributed by atoms with Crippen LogP contribution >= 0.6 is 11.3 Å². The summed E-state index contributed by atoms with van der Waals surface area (Å²) in [5.74, 6) is 0.0976. The first-order valence-electron chi connectivity index (χ1n) is 3.26. The fourth-order valence-electron chi connectivity index (χ4n) is 1.08. The van der Waals surface area contributed by atoms with Crippen LogP contribution in [0.5, 0.6) is 0 Å². The molecule has 3 N–H and O–H groups in total. The minimum absolute atomic E-state index is 0.0976. The van der Waals surface area contributed by atoms with Gasteiger partial charge >= 0.3 is 0 Å². The lowest BCUT2D eigenvalue weighted by molar-refractivity contribution is 0.0986. The number of hydrogen-bond acceptors (Lipinski definition) is 5. The maximum atomic E-state index is 11.2. The zero-order chi connectivity index (χ0) is 7.84. The molecule has 1 aromatic heterocycles. The van der Waals surface area contributed by atoms with Gasteiger partial charge in [0.2, 0.25) is 0 Å². The van der Waals surface area contributed by atoms with Gasteiger partial charge in [0.25, 0.3) is 0 Å². The molecule has 1 aliphatic heterocycles. The predicted octanol–water partition coefficient (Wildman–Crippen LogP) is 0.0112. The molecule has 5 heteroatoms. The average Bonchev–Trinajstić information content (AvgIpc) is 2.31. The highest BCUT2D eigenvalue weighted by atomic mass is 32.1. The molecular weight excluding hydrogens is 162 g/mol. The van der Waals surface area contributed by atoms with Crippen LogP contribution in [0.3, 0.4) is 0 Å². The molecule has 1 aliphatic rings. The highest BCUT2D eigenvalue weighted by molar-refractivity contribution is 7.17. The van der Waals surface area contributed by atoms with E-state index in [1.165, 1.54) is 11.3 Å². The van der Waals surface area contributed by atoms with Gasteiger partial charge in [-0.25, -0.2) is 4.98 Å². The maximum Gasteiger partial charge on any atom is 0.188 e. The summed E-state index contributed by atoms with van der Waals surface area (Å²) in [4.78, 5) is 15.9.